The summed E-state index contributed by atoms with van der Waals surface area (Å²) in [6.45, 7) is 1.72. The number of amides is 2. The van der Waals surface area contributed by atoms with E-state index in [1.807, 2.05) is 65.6 Å². The molecule has 1 saturated heterocycles. The lowest BCUT2D eigenvalue weighted by Crippen LogP contribution is -2.27. The summed E-state index contributed by atoms with van der Waals surface area (Å²) in [5.74, 6) is 0.373. The van der Waals surface area contributed by atoms with Gasteiger partial charge >= 0.3 is 0 Å². The minimum Gasteiger partial charge on any atom is -0.348 e. The number of nitrogens with zero attached hydrogens (tertiary/aromatic N) is 3. The fourth-order valence-corrected chi connectivity index (χ4v) is 4.76. The van der Waals surface area contributed by atoms with Gasteiger partial charge < -0.3 is 14.7 Å². The maximum Gasteiger partial charge on any atom is 0.259 e. The van der Waals surface area contributed by atoms with E-state index >= 15 is 0 Å². The molecule has 2 aliphatic rings. The average Bonchev–Trinajstić information content (AvgIpc) is 3.54. The molecule has 4 aromatic rings. The smallest absolute Gasteiger partial charge is 0.259 e. The molecule has 35 heavy (non-hydrogen) atoms. The lowest BCUT2D eigenvalue weighted by Gasteiger charge is -2.18. The van der Waals surface area contributed by atoms with Crippen molar-refractivity contribution in [1.29, 1.82) is 0 Å². The number of benzene rings is 2. The number of fused-ring (bicyclic) bond motifs is 1. The molecule has 176 valence electrons. The van der Waals surface area contributed by atoms with E-state index in [1.165, 1.54) is 0 Å². The van der Waals surface area contributed by atoms with Crippen molar-refractivity contribution in [3.8, 4) is 11.3 Å². The Bertz CT molecular complexity index is 1410. The number of rotatable bonds is 7. The monoisotopic (exact) mass is 466 g/mol. The molecule has 1 aliphatic heterocycles. The van der Waals surface area contributed by atoms with Crippen LogP contribution >= 0.6 is 0 Å². The van der Waals surface area contributed by atoms with Crippen molar-refractivity contribution in [3.05, 3.63) is 83.0 Å². The number of aromatic nitrogens is 2. The topological polar surface area (TPSA) is 88.3 Å². The standard InChI is InChI=1S/C28H26N4O3/c33-24-11-6-14-32(24)17-21-10-5-4-9-20(21)16-29-27(34)22-15-23(18-12-13-18)30-28-25(22)26(31-35-28)19-7-2-1-3-8-19/h1-5,7-10,15,18H,6,11-14,16-17H2,(H,29,34). The third-order valence-electron chi connectivity index (χ3n) is 6.84. The number of nitrogens with one attached hydrogen (secondary N) is 1. The van der Waals surface area contributed by atoms with E-state index in [0.29, 0.717) is 47.8 Å². The predicted octanol–water partition coefficient (Wildman–Crippen LogP) is 4.82. The van der Waals surface area contributed by atoms with Gasteiger partial charge in [0.2, 0.25) is 5.91 Å². The number of carbonyl (C=O) groups excluding carboxylic acids is 2. The first-order chi connectivity index (χ1) is 17.2. The van der Waals surface area contributed by atoms with Gasteiger partial charge in [0.15, 0.2) is 0 Å². The second kappa shape index (κ2) is 8.98. The molecule has 2 aromatic carbocycles. The third-order valence-corrected chi connectivity index (χ3v) is 6.84. The molecular weight excluding hydrogens is 440 g/mol. The molecule has 1 N–H and O–H groups in total. The van der Waals surface area contributed by atoms with Gasteiger partial charge in [-0.15, -0.1) is 0 Å². The first kappa shape index (κ1) is 21.5. The van der Waals surface area contributed by atoms with Gasteiger partial charge in [-0.3, -0.25) is 9.59 Å². The molecule has 0 bridgehead atoms. The van der Waals surface area contributed by atoms with Crippen molar-refractivity contribution in [1.82, 2.24) is 20.4 Å². The van der Waals surface area contributed by atoms with Crippen molar-refractivity contribution in [3.63, 3.8) is 0 Å². The van der Waals surface area contributed by atoms with Crippen molar-refractivity contribution in [2.24, 2.45) is 0 Å². The van der Waals surface area contributed by atoms with Crippen LogP contribution < -0.4 is 5.32 Å². The fourth-order valence-electron chi connectivity index (χ4n) is 4.76. The molecule has 0 atom stereocenters. The van der Waals surface area contributed by atoms with Gasteiger partial charge in [-0.1, -0.05) is 59.8 Å². The molecule has 0 radical (unpaired) electrons. The summed E-state index contributed by atoms with van der Waals surface area (Å²) in [4.78, 5) is 32.2. The second-order valence-electron chi connectivity index (χ2n) is 9.32. The minimum atomic E-state index is -0.188. The highest BCUT2D eigenvalue weighted by Gasteiger charge is 2.29. The van der Waals surface area contributed by atoms with Crippen LogP contribution in [0.15, 0.2) is 65.2 Å². The van der Waals surface area contributed by atoms with Crippen molar-refractivity contribution >= 4 is 22.9 Å². The van der Waals surface area contributed by atoms with Gasteiger partial charge in [0.05, 0.1) is 10.9 Å². The van der Waals surface area contributed by atoms with Gasteiger partial charge in [0, 0.05) is 43.2 Å². The molecule has 7 nitrogen and oxygen atoms in total. The Morgan fingerprint density at radius 2 is 1.83 bits per heavy atom. The zero-order valence-corrected chi connectivity index (χ0v) is 19.4. The van der Waals surface area contributed by atoms with E-state index in [1.54, 1.807) is 0 Å². The fraction of sp³-hybridized carbons (Fsp3) is 0.286. The Morgan fingerprint density at radius 3 is 2.57 bits per heavy atom. The van der Waals surface area contributed by atoms with E-state index in [9.17, 15) is 9.59 Å². The first-order valence-corrected chi connectivity index (χ1v) is 12.2. The highest BCUT2D eigenvalue weighted by molar-refractivity contribution is 6.09. The van der Waals surface area contributed by atoms with Crippen molar-refractivity contribution in [2.45, 2.75) is 44.7 Å². The van der Waals surface area contributed by atoms with E-state index in [2.05, 4.69) is 15.5 Å². The summed E-state index contributed by atoms with van der Waals surface area (Å²) < 4.78 is 5.60. The van der Waals surface area contributed by atoms with Crippen LogP contribution in [-0.4, -0.2) is 33.4 Å². The molecule has 1 saturated carbocycles. The summed E-state index contributed by atoms with van der Waals surface area (Å²) in [6, 6.07) is 19.6. The summed E-state index contributed by atoms with van der Waals surface area (Å²) in [5, 5.41) is 8.00. The number of hydrogen-bond donors (Lipinski definition) is 1. The Morgan fingerprint density at radius 1 is 1.06 bits per heavy atom. The van der Waals surface area contributed by atoms with E-state index in [4.69, 9.17) is 4.52 Å². The van der Waals surface area contributed by atoms with Gasteiger partial charge in [-0.25, -0.2) is 4.98 Å². The maximum absolute atomic E-state index is 13.5. The molecule has 0 spiro atoms. The number of pyridine rings is 1. The van der Waals surface area contributed by atoms with Crippen molar-refractivity contribution < 1.29 is 14.1 Å². The van der Waals surface area contributed by atoms with Crippen molar-refractivity contribution in [2.75, 3.05) is 6.54 Å². The third kappa shape index (κ3) is 4.30. The van der Waals surface area contributed by atoms with Gasteiger partial charge in [0.1, 0.15) is 5.69 Å². The highest BCUT2D eigenvalue weighted by Crippen LogP contribution is 2.41. The summed E-state index contributed by atoms with van der Waals surface area (Å²) in [6.07, 6.45) is 3.66. The summed E-state index contributed by atoms with van der Waals surface area (Å²) >= 11 is 0. The zero-order chi connectivity index (χ0) is 23.8. The van der Waals surface area contributed by atoms with Crippen LogP contribution in [0.25, 0.3) is 22.4 Å². The van der Waals surface area contributed by atoms with Gasteiger partial charge in [0.25, 0.3) is 11.6 Å². The number of likely N-dealkylation sites (tertiary alicyclic amines) is 1. The molecule has 0 unspecified atom stereocenters. The second-order valence-corrected chi connectivity index (χ2v) is 9.32. The van der Waals surface area contributed by atoms with E-state index in [-0.39, 0.29) is 11.8 Å². The van der Waals surface area contributed by atoms with Crippen LogP contribution in [0, 0.1) is 0 Å². The first-order valence-electron chi connectivity index (χ1n) is 12.2. The van der Waals surface area contributed by atoms with E-state index < -0.39 is 0 Å². The zero-order valence-electron chi connectivity index (χ0n) is 19.4. The number of carbonyl (C=O) groups is 2. The molecule has 2 amide bonds. The molecule has 1 aliphatic carbocycles. The SMILES string of the molecule is O=C(NCc1ccccc1CN1CCCC1=O)c1cc(C2CC2)nc2onc(-c3ccccc3)c12. The Balaban J connectivity index is 1.30. The van der Waals surface area contributed by atoms with Gasteiger partial charge in [-0.2, -0.15) is 0 Å². The van der Waals surface area contributed by atoms with Gasteiger partial charge in [-0.05, 0) is 36.5 Å². The van der Waals surface area contributed by atoms with Crippen LogP contribution in [-0.2, 0) is 17.9 Å². The van der Waals surface area contributed by atoms with Crippen LogP contribution in [0.1, 0.15) is 58.8 Å². The lowest BCUT2D eigenvalue weighted by atomic mass is 10.0. The number of hydrogen-bond acceptors (Lipinski definition) is 5. The Kier molecular flexibility index (Phi) is 5.52. The predicted molar refractivity (Wildman–Crippen MR) is 131 cm³/mol. The van der Waals surface area contributed by atoms with Crippen LogP contribution in [0.5, 0.6) is 0 Å². The molecule has 2 aromatic heterocycles. The molecular formula is C28H26N4O3. The Hall–Kier alpha value is -4.00. The molecule has 6 rings (SSSR count). The minimum absolute atomic E-state index is 0.188. The maximum atomic E-state index is 13.5. The summed E-state index contributed by atoms with van der Waals surface area (Å²) in [5.41, 5.74) is 5.36. The normalized spacial score (nSPS) is 15.7. The average molecular weight is 467 g/mol. The quantitative estimate of drug-likeness (QED) is 0.422. The largest absolute Gasteiger partial charge is 0.348 e. The van der Waals surface area contributed by atoms with Crippen LogP contribution in [0.3, 0.4) is 0 Å². The Labute approximate surface area is 203 Å². The van der Waals surface area contributed by atoms with Crippen LogP contribution in [0.2, 0.25) is 0 Å². The van der Waals surface area contributed by atoms with Crippen LogP contribution in [0.4, 0.5) is 0 Å². The van der Waals surface area contributed by atoms with E-state index in [0.717, 1.165) is 48.2 Å². The molecule has 3 heterocycles. The molecule has 2 fully saturated rings. The molecule has 7 heteroatoms. The summed E-state index contributed by atoms with van der Waals surface area (Å²) in [7, 11) is 0. The lowest BCUT2D eigenvalue weighted by molar-refractivity contribution is -0.128. The highest BCUT2D eigenvalue weighted by atomic mass is 16.5.